The second-order valence-corrected chi connectivity index (χ2v) is 6.54. The van der Waals surface area contributed by atoms with E-state index in [1.165, 1.54) is 0 Å². The molecule has 2 aromatic carbocycles. The molecule has 132 valence electrons. The number of anilines is 1. The van der Waals surface area contributed by atoms with Crippen molar-refractivity contribution in [3.05, 3.63) is 52.0 Å². The van der Waals surface area contributed by atoms with Crippen LogP contribution in [0.4, 0.5) is 10.5 Å². The first-order chi connectivity index (χ1) is 12.0. The number of ether oxygens (including phenoxy) is 2. The summed E-state index contributed by atoms with van der Waals surface area (Å²) in [6, 6.07) is 9.88. The maximum absolute atomic E-state index is 12.2. The second-order valence-electron chi connectivity index (χ2n) is 5.70. The van der Waals surface area contributed by atoms with E-state index in [1.807, 2.05) is 6.92 Å². The van der Waals surface area contributed by atoms with Gasteiger partial charge in [-0.15, -0.1) is 0 Å². The Bertz CT molecular complexity index is 783. The zero-order valence-corrected chi connectivity index (χ0v) is 15.2. The number of fused-ring (bicyclic) bond motifs is 1. The summed E-state index contributed by atoms with van der Waals surface area (Å²) in [5.41, 5.74) is 1.41. The van der Waals surface area contributed by atoms with Gasteiger partial charge in [-0.25, -0.2) is 4.79 Å². The van der Waals surface area contributed by atoms with Crippen molar-refractivity contribution in [2.75, 3.05) is 18.5 Å². The van der Waals surface area contributed by atoms with Crippen LogP contribution in [-0.2, 0) is 0 Å². The van der Waals surface area contributed by atoms with Gasteiger partial charge in [-0.1, -0.05) is 29.3 Å². The molecule has 25 heavy (non-hydrogen) atoms. The Morgan fingerprint density at radius 3 is 2.60 bits per heavy atom. The van der Waals surface area contributed by atoms with Gasteiger partial charge in [0.15, 0.2) is 11.5 Å². The molecule has 0 aliphatic carbocycles. The molecule has 1 aliphatic heterocycles. The van der Waals surface area contributed by atoms with E-state index in [-0.39, 0.29) is 12.1 Å². The fraction of sp³-hybridized carbons (Fsp3) is 0.278. The van der Waals surface area contributed by atoms with Gasteiger partial charge in [-0.05, 0) is 36.8 Å². The van der Waals surface area contributed by atoms with Gasteiger partial charge in [0.1, 0.15) is 0 Å². The monoisotopic (exact) mass is 380 g/mol. The first-order valence-electron chi connectivity index (χ1n) is 7.95. The van der Waals surface area contributed by atoms with Crippen LogP contribution in [0, 0.1) is 0 Å². The van der Waals surface area contributed by atoms with Crippen LogP contribution >= 0.6 is 23.2 Å². The lowest BCUT2D eigenvalue weighted by Gasteiger charge is -2.17. The van der Waals surface area contributed by atoms with E-state index in [0.717, 1.165) is 12.0 Å². The number of hydrogen-bond donors (Lipinski definition) is 2. The largest absolute Gasteiger partial charge is 0.490 e. The van der Waals surface area contributed by atoms with Gasteiger partial charge in [0.2, 0.25) is 0 Å². The van der Waals surface area contributed by atoms with Gasteiger partial charge >= 0.3 is 6.03 Å². The second kappa shape index (κ2) is 7.85. The zero-order valence-electron chi connectivity index (χ0n) is 13.6. The number of hydrogen-bond acceptors (Lipinski definition) is 3. The number of benzene rings is 2. The van der Waals surface area contributed by atoms with E-state index in [9.17, 15) is 4.79 Å². The predicted octanol–water partition coefficient (Wildman–Crippen LogP) is 5.04. The van der Waals surface area contributed by atoms with Crippen LogP contribution in [0.2, 0.25) is 10.0 Å². The molecule has 2 aromatic rings. The molecule has 2 N–H and O–H groups in total. The Hall–Kier alpha value is -2.11. The number of carbonyl (C=O) groups is 1. The molecule has 0 aromatic heterocycles. The molecule has 0 spiro atoms. The van der Waals surface area contributed by atoms with Crippen molar-refractivity contribution in [3.8, 4) is 11.5 Å². The standard InChI is InChI=1S/C18H18Cl2N2O3/c1-11(14-5-3-12(19)9-15(14)20)21-18(23)22-13-4-6-16-17(10-13)25-8-2-7-24-16/h3-6,9-11H,2,7-8H2,1H3,(H2,21,22,23). The third-order valence-electron chi connectivity index (χ3n) is 3.78. The molecule has 2 amide bonds. The Balaban J connectivity index is 1.65. The van der Waals surface area contributed by atoms with Crippen LogP contribution in [0.3, 0.4) is 0 Å². The normalized spacial score (nSPS) is 14.4. The number of halogens is 2. The summed E-state index contributed by atoms with van der Waals surface area (Å²) in [4.78, 5) is 12.2. The van der Waals surface area contributed by atoms with Gasteiger partial charge in [-0.2, -0.15) is 0 Å². The third-order valence-corrected chi connectivity index (χ3v) is 4.34. The molecular weight excluding hydrogens is 363 g/mol. The Labute approximate surface area is 156 Å². The molecule has 0 bridgehead atoms. The van der Waals surface area contributed by atoms with Crippen LogP contribution in [0.25, 0.3) is 0 Å². The zero-order chi connectivity index (χ0) is 17.8. The molecule has 1 aliphatic rings. The molecule has 0 radical (unpaired) electrons. The molecule has 1 heterocycles. The highest BCUT2D eigenvalue weighted by atomic mass is 35.5. The summed E-state index contributed by atoms with van der Waals surface area (Å²) < 4.78 is 11.2. The Morgan fingerprint density at radius 1 is 1.08 bits per heavy atom. The van der Waals surface area contributed by atoms with Gasteiger partial charge in [0.05, 0.1) is 19.3 Å². The lowest BCUT2D eigenvalue weighted by Crippen LogP contribution is -2.31. The maximum Gasteiger partial charge on any atom is 0.319 e. The summed E-state index contributed by atoms with van der Waals surface area (Å²) in [7, 11) is 0. The van der Waals surface area contributed by atoms with Crippen molar-refractivity contribution in [1.29, 1.82) is 0 Å². The summed E-state index contributed by atoms with van der Waals surface area (Å²) in [5.74, 6) is 1.31. The Morgan fingerprint density at radius 2 is 1.84 bits per heavy atom. The van der Waals surface area contributed by atoms with Gasteiger partial charge < -0.3 is 20.1 Å². The molecule has 3 rings (SSSR count). The minimum absolute atomic E-state index is 0.273. The highest BCUT2D eigenvalue weighted by molar-refractivity contribution is 6.35. The van der Waals surface area contributed by atoms with Crippen molar-refractivity contribution in [3.63, 3.8) is 0 Å². The van der Waals surface area contributed by atoms with E-state index >= 15 is 0 Å². The van der Waals surface area contributed by atoms with Crippen LogP contribution < -0.4 is 20.1 Å². The minimum atomic E-state index is -0.340. The van der Waals surface area contributed by atoms with E-state index in [2.05, 4.69) is 10.6 Å². The third kappa shape index (κ3) is 4.50. The molecule has 0 saturated carbocycles. The number of amides is 2. The first-order valence-corrected chi connectivity index (χ1v) is 8.70. The summed E-state index contributed by atoms with van der Waals surface area (Å²) in [6.45, 7) is 3.07. The van der Waals surface area contributed by atoms with Gasteiger partial charge in [-0.3, -0.25) is 0 Å². The molecule has 1 unspecified atom stereocenters. The van der Waals surface area contributed by atoms with Crippen LogP contribution in [-0.4, -0.2) is 19.2 Å². The molecule has 0 saturated heterocycles. The van der Waals surface area contributed by atoms with Gasteiger partial charge in [0, 0.05) is 28.2 Å². The van der Waals surface area contributed by atoms with Crippen molar-refractivity contribution in [2.24, 2.45) is 0 Å². The molecule has 7 heteroatoms. The van der Waals surface area contributed by atoms with Crippen LogP contribution in [0.1, 0.15) is 24.9 Å². The topological polar surface area (TPSA) is 59.6 Å². The summed E-state index contributed by atoms with van der Waals surface area (Å²) in [6.07, 6.45) is 0.831. The number of carbonyl (C=O) groups excluding carboxylic acids is 1. The van der Waals surface area contributed by atoms with E-state index < -0.39 is 0 Å². The molecule has 5 nitrogen and oxygen atoms in total. The molecular formula is C18H18Cl2N2O3. The number of rotatable bonds is 3. The van der Waals surface area contributed by atoms with E-state index in [0.29, 0.717) is 40.4 Å². The van der Waals surface area contributed by atoms with E-state index in [1.54, 1.807) is 36.4 Å². The first kappa shape index (κ1) is 17.7. The summed E-state index contributed by atoms with van der Waals surface area (Å²) >= 11 is 12.1. The SMILES string of the molecule is CC(NC(=O)Nc1ccc2c(c1)OCCCO2)c1ccc(Cl)cc1Cl. The predicted molar refractivity (Wildman–Crippen MR) is 99.1 cm³/mol. The van der Waals surface area contributed by atoms with Crippen molar-refractivity contribution < 1.29 is 14.3 Å². The molecule has 1 atom stereocenters. The lowest BCUT2D eigenvalue weighted by atomic mass is 10.1. The average molecular weight is 381 g/mol. The van der Waals surface area contributed by atoms with Crippen molar-refractivity contribution in [1.82, 2.24) is 5.32 Å². The van der Waals surface area contributed by atoms with Gasteiger partial charge in [0.25, 0.3) is 0 Å². The average Bonchev–Trinajstić information content (AvgIpc) is 2.79. The van der Waals surface area contributed by atoms with Crippen molar-refractivity contribution >= 4 is 34.9 Å². The van der Waals surface area contributed by atoms with E-state index in [4.69, 9.17) is 32.7 Å². The summed E-state index contributed by atoms with van der Waals surface area (Å²) in [5, 5.41) is 6.70. The highest BCUT2D eigenvalue weighted by Gasteiger charge is 2.15. The molecule has 0 fully saturated rings. The maximum atomic E-state index is 12.2. The number of urea groups is 1. The van der Waals surface area contributed by atoms with Crippen molar-refractivity contribution in [2.45, 2.75) is 19.4 Å². The fourth-order valence-corrected chi connectivity index (χ4v) is 3.11. The minimum Gasteiger partial charge on any atom is -0.490 e. The smallest absolute Gasteiger partial charge is 0.319 e. The fourth-order valence-electron chi connectivity index (χ4n) is 2.54. The Kier molecular flexibility index (Phi) is 5.56. The number of nitrogens with one attached hydrogen (secondary N) is 2. The van der Waals surface area contributed by atoms with Crippen LogP contribution in [0.15, 0.2) is 36.4 Å². The van der Waals surface area contributed by atoms with Crippen LogP contribution in [0.5, 0.6) is 11.5 Å². The lowest BCUT2D eigenvalue weighted by molar-refractivity contribution is 0.249. The quantitative estimate of drug-likeness (QED) is 0.783. The highest BCUT2D eigenvalue weighted by Crippen LogP contribution is 2.32.